The summed E-state index contributed by atoms with van der Waals surface area (Å²) in [6, 6.07) is 10.6. The number of methoxy groups -OCH3 is 1. The number of amides is 1. The minimum absolute atomic E-state index is 0.0634. The number of halogens is 1. The van der Waals surface area contributed by atoms with Crippen molar-refractivity contribution in [1.29, 1.82) is 0 Å². The number of benzene rings is 2. The first-order chi connectivity index (χ1) is 13.5. The lowest BCUT2D eigenvalue weighted by atomic mass is 10.2. The molecule has 9 heteroatoms. The van der Waals surface area contributed by atoms with Gasteiger partial charge in [0.25, 0.3) is 5.91 Å². The van der Waals surface area contributed by atoms with E-state index in [2.05, 4.69) is 0 Å². The van der Waals surface area contributed by atoms with Crippen molar-refractivity contribution in [3.63, 3.8) is 0 Å². The van der Waals surface area contributed by atoms with E-state index in [0.717, 1.165) is 0 Å². The van der Waals surface area contributed by atoms with Gasteiger partial charge in [0, 0.05) is 38.3 Å². The Labute approximate surface area is 161 Å². The Hall–Kier alpha value is -3.36. The van der Waals surface area contributed by atoms with Crippen LogP contribution in [0.1, 0.15) is 0 Å². The Kier molecular flexibility index (Phi) is 5.93. The number of para-hydroxylation sites is 1. The molecule has 1 fully saturated rings. The number of nitro benzene ring substituents is 1. The average Bonchev–Trinajstić information content (AvgIpc) is 2.72. The highest BCUT2D eigenvalue weighted by Crippen LogP contribution is 2.30. The molecule has 0 unspecified atom stereocenters. The van der Waals surface area contributed by atoms with Crippen LogP contribution >= 0.6 is 0 Å². The summed E-state index contributed by atoms with van der Waals surface area (Å²) >= 11 is 0. The highest BCUT2D eigenvalue weighted by atomic mass is 19.1. The van der Waals surface area contributed by atoms with Crippen LogP contribution in [0.2, 0.25) is 0 Å². The van der Waals surface area contributed by atoms with Crippen LogP contribution in [0.3, 0.4) is 0 Å². The van der Waals surface area contributed by atoms with Gasteiger partial charge in [0.1, 0.15) is 11.6 Å². The maximum absolute atomic E-state index is 13.9. The van der Waals surface area contributed by atoms with E-state index in [1.807, 2.05) is 4.90 Å². The lowest BCUT2D eigenvalue weighted by molar-refractivity contribution is -0.385. The third-order valence-corrected chi connectivity index (χ3v) is 4.54. The lowest BCUT2D eigenvalue weighted by Crippen LogP contribution is -2.50. The Morgan fingerprint density at radius 3 is 2.54 bits per heavy atom. The zero-order chi connectivity index (χ0) is 20.1. The number of hydrogen-bond donors (Lipinski definition) is 0. The Morgan fingerprint density at radius 2 is 1.89 bits per heavy atom. The number of rotatable bonds is 6. The second-order valence-electron chi connectivity index (χ2n) is 6.20. The highest BCUT2D eigenvalue weighted by Gasteiger charge is 2.23. The second-order valence-corrected chi connectivity index (χ2v) is 6.20. The maximum atomic E-state index is 13.9. The first-order valence-corrected chi connectivity index (χ1v) is 8.72. The summed E-state index contributed by atoms with van der Waals surface area (Å²) in [7, 11) is 1.33. The normalized spacial score (nSPS) is 13.9. The molecule has 0 radical (unpaired) electrons. The number of ether oxygens (including phenoxy) is 2. The predicted octanol–water partition coefficient (Wildman–Crippen LogP) is 2.47. The van der Waals surface area contributed by atoms with E-state index in [0.29, 0.717) is 37.6 Å². The molecule has 0 aromatic heterocycles. The van der Waals surface area contributed by atoms with Gasteiger partial charge in [0.2, 0.25) is 5.75 Å². The summed E-state index contributed by atoms with van der Waals surface area (Å²) in [6.07, 6.45) is 0. The van der Waals surface area contributed by atoms with Crippen molar-refractivity contribution in [1.82, 2.24) is 4.90 Å². The standard InChI is InChI=1S/C19H20FN3O5/c1-27-18-12-14(6-7-17(18)23(25)26)28-13-19(24)22-10-8-21(9-11-22)16-5-3-2-4-15(16)20/h2-7,12H,8-11,13H2,1H3. The molecule has 0 aliphatic carbocycles. The number of piperazine rings is 1. The monoisotopic (exact) mass is 389 g/mol. The molecular formula is C19H20FN3O5. The van der Waals surface area contributed by atoms with Gasteiger partial charge in [-0.05, 0) is 18.2 Å². The fraction of sp³-hybridized carbons (Fsp3) is 0.316. The summed E-state index contributed by atoms with van der Waals surface area (Å²) in [5.74, 6) is -0.113. The van der Waals surface area contributed by atoms with Crippen molar-refractivity contribution in [2.45, 2.75) is 0 Å². The first kappa shape index (κ1) is 19.4. The first-order valence-electron chi connectivity index (χ1n) is 8.72. The summed E-state index contributed by atoms with van der Waals surface area (Å²) < 4.78 is 24.3. The van der Waals surface area contributed by atoms with Gasteiger partial charge in [-0.25, -0.2) is 4.39 Å². The van der Waals surface area contributed by atoms with E-state index in [-0.39, 0.29) is 29.8 Å². The molecule has 3 rings (SSSR count). The fourth-order valence-electron chi connectivity index (χ4n) is 3.04. The Balaban J connectivity index is 1.54. The molecule has 28 heavy (non-hydrogen) atoms. The summed E-state index contributed by atoms with van der Waals surface area (Å²) in [6.45, 7) is 1.77. The minimum atomic E-state index is -0.553. The molecular weight excluding hydrogens is 369 g/mol. The van der Waals surface area contributed by atoms with Gasteiger partial charge >= 0.3 is 5.69 Å². The molecule has 2 aromatic rings. The second kappa shape index (κ2) is 8.55. The van der Waals surface area contributed by atoms with E-state index in [4.69, 9.17) is 9.47 Å². The van der Waals surface area contributed by atoms with E-state index in [9.17, 15) is 19.3 Å². The Morgan fingerprint density at radius 1 is 1.18 bits per heavy atom. The van der Waals surface area contributed by atoms with Crippen molar-refractivity contribution in [3.05, 3.63) is 58.4 Å². The van der Waals surface area contributed by atoms with Gasteiger partial charge in [-0.2, -0.15) is 0 Å². The molecule has 0 bridgehead atoms. The largest absolute Gasteiger partial charge is 0.490 e. The van der Waals surface area contributed by atoms with Gasteiger partial charge < -0.3 is 19.3 Å². The number of nitrogens with zero attached hydrogens (tertiary/aromatic N) is 3. The SMILES string of the molecule is COc1cc(OCC(=O)N2CCN(c3ccccc3F)CC2)ccc1[N+](=O)[O-]. The summed E-state index contributed by atoms with van der Waals surface area (Å²) in [5, 5.41) is 10.9. The molecule has 8 nitrogen and oxygen atoms in total. The molecule has 0 saturated carbocycles. The molecule has 148 valence electrons. The zero-order valence-electron chi connectivity index (χ0n) is 15.3. The van der Waals surface area contributed by atoms with Crippen molar-refractivity contribution < 1.29 is 23.6 Å². The summed E-state index contributed by atoms with van der Waals surface area (Å²) in [5.41, 5.74) is 0.356. The van der Waals surface area contributed by atoms with Crippen LogP contribution in [0.5, 0.6) is 11.5 Å². The third-order valence-electron chi connectivity index (χ3n) is 4.54. The van der Waals surface area contributed by atoms with E-state index < -0.39 is 4.92 Å². The zero-order valence-corrected chi connectivity index (χ0v) is 15.3. The van der Waals surface area contributed by atoms with E-state index in [1.54, 1.807) is 23.1 Å². The van der Waals surface area contributed by atoms with Crippen LogP contribution in [0.25, 0.3) is 0 Å². The lowest BCUT2D eigenvalue weighted by Gasteiger charge is -2.36. The van der Waals surface area contributed by atoms with Crippen LogP contribution in [0.15, 0.2) is 42.5 Å². The number of carbonyl (C=O) groups is 1. The van der Waals surface area contributed by atoms with Gasteiger partial charge in [-0.15, -0.1) is 0 Å². The van der Waals surface area contributed by atoms with Gasteiger partial charge in [0.15, 0.2) is 6.61 Å². The third kappa shape index (κ3) is 4.30. The molecule has 1 heterocycles. The molecule has 1 aliphatic rings. The van der Waals surface area contributed by atoms with E-state index >= 15 is 0 Å². The molecule has 0 spiro atoms. The number of nitro groups is 1. The average molecular weight is 389 g/mol. The Bertz CT molecular complexity index is 868. The van der Waals surface area contributed by atoms with Crippen molar-refractivity contribution in [3.8, 4) is 11.5 Å². The van der Waals surface area contributed by atoms with Gasteiger partial charge in [-0.1, -0.05) is 12.1 Å². The fourth-order valence-corrected chi connectivity index (χ4v) is 3.04. The predicted molar refractivity (Wildman–Crippen MR) is 100 cm³/mol. The van der Waals surface area contributed by atoms with Crippen molar-refractivity contribution in [2.75, 3.05) is 44.8 Å². The van der Waals surface area contributed by atoms with Crippen LogP contribution < -0.4 is 14.4 Å². The number of carbonyl (C=O) groups excluding carboxylic acids is 1. The van der Waals surface area contributed by atoms with Crippen LogP contribution in [0, 0.1) is 15.9 Å². The van der Waals surface area contributed by atoms with E-state index in [1.165, 1.54) is 31.4 Å². The highest BCUT2D eigenvalue weighted by molar-refractivity contribution is 5.78. The molecule has 1 aliphatic heterocycles. The van der Waals surface area contributed by atoms with Crippen molar-refractivity contribution in [2.24, 2.45) is 0 Å². The van der Waals surface area contributed by atoms with Crippen LogP contribution in [-0.4, -0.2) is 55.6 Å². The van der Waals surface area contributed by atoms with Gasteiger partial charge in [-0.3, -0.25) is 14.9 Å². The number of hydrogen-bond acceptors (Lipinski definition) is 6. The molecule has 0 N–H and O–H groups in total. The summed E-state index contributed by atoms with van der Waals surface area (Å²) in [4.78, 5) is 26.3. The molecule has 0 atom stereocenters. The topological polar surface area (TPSA) is 85.2 Å². The maximum Gasteiger partial charge on any atom is 0.311 e. The number of anilines is 1. The molecule has 1 saturated heterocycles. The van der Waals surface area contributed by atoms with Crippen LogP contribution in [0.4, 0.5) is 15.8 Å². The minimum Gasteiger partial charge on any atom is -0.490 e. The van der Waals surface area contributed by atoms with Crippen LogP contribution in [-0.2, 0) is 4.79 Å². The van der Waals surface area contributed by atoms with Crippen molar-refractivity contribution >= 4 is 17.3 Å². The molecule has 1 amide bonds. The van der Waals surface area contributed by atoms with Gasteiger partial charge in [0.05, 0.1) is 17.7 Å². The smallest absolute Gasteiger partial charge is 0.311 e. The molecule has 2 aromatic carbocycles. The quantitative estimate of drug-likeness (QED) is 0.557.